The van der Waals surface area contributed by atoms with E-state index in [0.717, 1.165) is 5.56 Å². The van der Waals surface area contributed by atoms with Crippen LogP contribution in [0.25, 0.3) is 10.8 Å². The van der Waals surface area contributed by atoms with E-state index in [1.807, 2.05) is 12.1 Å². The van der Waals surface area contributed by atoms with Crippen LogP contribution in [0.1, 0.15) is 5.56 Å². The lowest BCUT2D eigenvalue weighted by Gasteiger charge is -2.09. The Bertz CT molecular complexity index is 854. The smallest absolute Gasteiger partial charge is 0.0718 e. The van der Waals surface area contributed by atoms with Gasteiger partial charge >= 0.3 is 0 Å². The molecule has 2 aromatic carbocycles. The molecule has 2 rings (SSSR count). The predicted molar refractivity (Wildman–Crippen MR) is 158 cm³/mol. The topological polar surface area (TPSA) is 113 Å². The molecule has 0 unspecified atom stereocenters. The predicted octanol–water partition coefficient (Wildman–Crippen LogP) is 2.50. The molecule has 0 amide bonds. The summed E-state index contributed by atoms with van der Waals surface area (Å²) in [6.45, 7) is 10.2. The first-order chi connectivity index (χ1) is 20.9. The molecule has 240 valence electrons. The molecule has 0 aliphatic heterocycles. The Labute approximate surface area is 250 Å². The summed E-state index contributed by atoms with van der Waals surface area (Å²) in [6, 6.07) is 14.7. The number of ether oxygens (including phenoxy) is 10. The maximum absolute atomic E-state index is 8.57. The van der Waals surface area contributed by atoms with Crippen LogP contribution in [0, 0.1) is 0 Å². The summed E-state index contributed by atoms with van der Waals surface area (Å²) < 4.78 is 54.4. The Morgan fingerprint density at radius 3 is 1.07 bits per heavy atom. The molecular formula is C31H50O11. The summed E-state index contributed by atoms with van der Waals surface area (Å²) in [5, 5.41) is 11.0. The molecule has 11 heteroatoms. The minimum Gasteiger partial charge on any atom is -0.394 e. The molecule has 42 heavy (non-hydrogen) atoms. The highest BCUT2D eigenvalue weighted by Crippen LogP contribution is 2.16. The summed E-state index contributed by atoms with van der Waals surface area (Å²) in [5.41, 5.74) is 1.16. The summed E-state index contributed by atoms with van der Waals surface area (Å²) >= 11 is 0. The third-order valence-corrected chi connectivity index (χ3v) is 5.67. The van der Waals surface area contributed by atoms with E-state index in [1.165, 1.54) is 10.8 Å². The Morgan fingerprint density at radius 2 is 0.690 bits per heavy atom. The molecule has 0 aliphatic rings. The van der Waals surface area contributed by atoms with Crippen molar-refractivity contribution in [2.75, 3.05) is 132 Å². The van der Waals surface area contributed by atoms with E-state index >= 15 is 0 Å². The van der Waals surface area contributed by atoms with Crippen LogP contribution in [0.3, 0.4) is 0 Å². The van der Waals surface area contributed by atoms with Gasteiger partial charge in [-0.05, 0) is 22.4 Å². The van der Waals surface area contributed by atoms with Crippen molar-refractivity contribution in [1.82, 2.24) is 0 Å². The third-order valence-electron chi connectivity index (χ3n) is 5.67. The first-order valence-corrected chi connectivity index (χ1v) is 14.8. The van der Waals surface area contributed by atoms with Gasteiger partial charge in [-0.2, -0.15) is 0 Å². The molecule has 0 saturated carbocycles. The highest BCUT2D eigenvalue weighted by atomic mass is 16.6. The molecule has 0 fully saturated rings. The van der Waals surface area contributed by atoms with Crippen molar-refractivity contribution >= 4 is 10.8 Å². The van der Waals surface area contributed by atoms with Gasteiger partial charge < -0.3 is 52.5 Å². The summed E-state index contributed by atoms with van der Waals surface area (Å²) in [7, 11) is 0. The van der Waals surface area contributed by atoms with Gasteiger partial charge in [-0.1, -0.05) is 36.4 Å². The Hall–Kier alpha value is -1.74. The van der Waals surface area contributed by atoms with Gasteiger partial charge in [-0.15, -0.1) is 0 Å². The largest absolute Gasteiger partial charge is 0.394 e. The maximum Gasteiger partial charge on any atom is 0.0718 e. The molecule has 0 aliphatic carbocycles. The van der Waals surface area contributed by atoms with Crippen molar-refractivity contribution in [3.63, 3.8) is 0 Å². The van der Waals surface area contributed by atoms with E-state index in [0.29, 0.717) is 132 Å². The molecule has 0 heterocycles. The number of aliphatic hydroxyl groups excluding tert-OH is 1. The van der Waals surface area contributed by atoms with Crippen LogP contribution in [-0.4, -0.2) is 137 Å². The first-order valence-electron chi connectivity index (χ1n) is 14.8. The number of hydrogen-bond donors (Lipinski definition) is 1. The molecule has 0 radical (unpaired) electrons. The average molecular weight is 599 g/mol. The average Bonchev–Trinajstić information content (AvgIpc) is 3.02. The Kier molecular flexibility index (Phi) is 24.3. The van der Waals surface area contributed by atoms with Crippen LogP contribution < -0.4 is 0 Å². The molecule has 0 aromatic heterocycles. The van der Waals surface area contributed by atoms with Gasteiger partial charge in [-0.3, -0.25) is 0 Å². The minimum atomic E-state index is 0.0273. The van der Waals surface area contributed by atoms with Crippen molar-refractivity contribution in [1.29, 1.82) is 0 Å². The Morgan fingerprint density at radius 1 is 0.357 bits per heavy atom. The van der Waals surface area contributed by atoms with E-state index in [2.05, 4.69) is 30.3 Å². The van der Waals surface area contributed by atoms with E-state index in [-0.39, 0.29) is 6.61 Å². The first kappa shape index (κ1) is 36.5. The molecule has 0 spiro atoms. The van der Waals surface area contributed by atoms with Crippen LogP contribution in [0.5, 0.6) is 0 Å². The SMILES string of the molecule is OCCOCCOCCOCCOCCOCCOCCOCCOCCOCCOCc1ccc2ccccc2c1. The van der Waals surface area contributed by atoms with Gasteiger partial charge in [0.25, 0.3) is 0 Å². The molecule has 0 atom stereocenters. The lowest BCUT2D eigenvalue weighted by Crippen LogP contribution is -2.15. The van der Waals surface area contributed by atoms with E-state index in [9.17, 15) is 0 Å². The number of benzene rings is 2. The van der Waals surface area contributed by atoms with Crippen molar-refractivity contribution in [3.8, 4) is 0 Å². The second-order valence-electron chi connectivity index (χ2n) is 8.97. The summed E-state index contributed by atoms with van der Waals surface area (Å²) in [4.78, 5) is 0. The minimum absolute atomic E-state index is 0.0273. The van der Waals surface area contributed by atoms with Crippen LogP contribution >= 0.6 is 0 Å². The van der Waals surface area contributed by atoms with Gasteiger partial charge in [0.05, 0.1) is 139 Å². The van der Waals surface area contributed by atoms with E-state index in [4.69, 9.17) is 52.5 Å². The highest BCUT2D eigenvalue weighted by Gasteiger charge is 1.98. The van der Waals surface area contributed by atoms with Gasteiger partial charge in [0.2, 0.25) is 0 Å². The third kappa shape index (κ3) is 21.0. The summed E-state index contributed by atoms with van der Waals surface area (Å²) in [5.74, 6) is 0. The number of aliphatic hydroxyl groups is 1. The maximum atomic E-state index is 8.57. The zero-order valence-electron chi connectivity index (χ0n) is 24.9. The number of hydrogen-bond acceptors (Lipinski definition) is 11. The van der Waals surface area contributed by atoms with Gasteiger partial charge in [-0.25, -0.2) is 0 Å². The fraction of sp³-hybridized carbons (Fsp3) is 0.677. The fourth-order valence-electron chi connectivity index (χ4n) is 3.56. The van der Waals surface area contributed by atoms with Crippen molar-refractivity contribution in [2.45, 2.75) is 6.61 Å². The molecule has 0 saturated heterocycles. The monoisotopic (exact) mass is 598 g/mol. The number of rotatable bonds is 31. The summed E-state index contributed by atoms with van der Waals surface area (Å²) in [6.07, 6.45) is 0. The molecule has 1 N–H and O–H groups in total. The van der Waals surface area contributed by atoms with Gasteiger partial charge in [0.1, 0.15) is 0 Å². The quantitative estimate of drug-likeness (QED) is 0.129. The van der Waals surface area contributed by atoms with E-state index in [1.54, 1.807) is 0 Å². The van der Waals surface area contributed by atoms with Crippen LogP contribution in [0.2, 0.25) is 0 Å². The normalized spacial score (nSPS) is 11.5. The fourth-order valence-corrected chi connectivity index (χ4v) is 3.56. The molecule has 2 aromatic rings. The lowest BCUT2D eigenvalue weighted by molar-refractivity contribution is -0.0270. The van der Waals surface area contributed by atoms with Crippen molar-refractivity contribution in [3.05, 3.63) is 48.0 Å². The zero-order chi connectivity index (χ0) is 29.6. The van der Waals surface area contributed by atoms with Crippen molar-refractivity contribution < 1.29 is 52.5 Å². The van der Waals surface area contributed by atoms with Crippen molar-refractivity contribution in [2.24, 2.45) is 0 Å². The standard InChI is InChI=1S/C31H50O11/c32-7-8-33-9-10-34-11-12-35-13-14-36-15-16-37-17-18-38-19-20-39-21-22-40-23-24-41-25-26-42-28-29-5-6-30-3-1-2-4-31(30)27-29/h1-6,27,32H,7-26,28H2. The van der Waals surface area contributed by atoms with E-state index < -0.39 is 0 Å². The van der Waals surface area contributed by atoms with Gasteiger partial charge in [0, 0.05) is 0 Å². The lowest BCUT2D eigenvalue weighted by atomic mass is 10.1. The molecule has 0 bridgehead atoms. The second kappa shape index (κ2) is 28.1. The molecule has 11 nitrogen and oxygen atoms in total. The second-order valence-corrected chi connectivity index (χ2v) is 8.97. The number of fused-ring (bicyclic) bond motifs is 1. The van der Waals surface area contributed by atoms with Gasteiger partial charge in [0.15, 0.2) is 0 Å². The van der Waals surface area contributed by atoms with Crippen LogP contribution in [-0.2, 0) is 54.0 Å². The Balaban J connectivity index is 1.19. The zero-order valence-corrected chi connectivity index (χ0v) is 24.9. The van der Waals surface area contributed by atoms with Crippen LogP contribution in [0.4, 0.5) is 0 Å². The highest BCUT2D eigenvalue weighted by molar-refractivity contribution is 5.82. The molecular weight excluding hydrogens is 548 g/mol. The van der Waals surface area contributed by atoms with Crippen LogP contribution in [0.15, 0.2) is 42.5 Å².